The Morgan fingerprint density at radius 3 is 2.27 bits per heavy atom. The minimum atomic E-state index is -3.48. The van der Waals surface area contributed by atoms with Crippen molar-refractivity contribution in [3.63, 3.8) is 0 Å². The summed E-state index contributed by atoms with van der Waals surface area (Å²) in [6, 6.07) is 15.9. The van der Waals surface area contributed by atoms with Crippen LogP contribution in [0.5, 0.6) is 0 Å². The van der Waals surface area contributed by atoms with E-state index in [0.717, 1.165) is 11.1 Å². The van der Waals surface area contributed by atoms with E-state index in [1.807, 2.05) is 18.2 Å². The first kappa shape index (κ1) is 18.4. The summed E-state index contributed by atoms with van der Waals surface area (Å²) in [4.78, 5) is 14.0. The van der Waals surface area contributed by atoms with Crippen LogP contribution in [0.25, 0.3) is 0 Å². The van der Waals surface area contributed by atoms with E-state index in [1.54, 1.807) is 41.3 Å². The number of sulfonamides is 1. The molecule has 1 aliphatic heterocycles. The zero-order valence-electron chi connectivity index (χ0n) is 14.4. The Bertz CT molecular complexity index is 830. The van der Waals surface area contributed by atoms with E-state index in [4.69, 9.17) is 4.74 Å². The maximum atomic E-state index is 12.3. The second-order valence-corrected chi connectivity index (χ2v) is 7.94. The number of benzene rings is 2. The van der Waals surface area contributed by atoms with Gasteiger partial charge in [-0.15, -0.1) is 0 Å². The molecule has 1 aliphatic rings. The van der Waals surface area contributed by atoms with E-state index < -0.39 is 10.0 Å². The smallest absolute Gasteiger partial charge is 0.236 e. The van der Waals surface area contributed by atoms with Crippen LogP contribution in [0.3, 0.4) is 0 Å². The van der Waals surface area contributed by atoms with E-state index in [-0.39, 0.29) is 11.7 Å². The van der Waals surface area contributed by atoms with Crippen molar-refractivity contribution in [1.29, 1.82) is 0 Å². The summed E-state index contributed by atoms with van der Waals surface area (Å²) in [5.41, 5.74) is 2.07. The lowest BCUT2D eigenvalue weighted by Crippen LogP contribution is -2.41. The fourth-order valence-corrected chi connectivity index (χ4v) is 4.00. The van der Waals surface area contributed by atoms with Crippen molar-refractivity contribution in [3.8, 4) is 0 Å². The topological polar surface area (TPSA) is 75.7 Å². The van der Waals surface area contributed by atoms with E-state index in [2.05, 4.69) is 4.72 Å². The first-order valence-electron chi connectivity index (χ1n) is 8.51. The van der Waals surface area contributed by atoms with Gasteiger partial charge in [-0.25, -0.2) is 8.42 Å². The van der Waals surface area contributed by atoms with Gasteiger partial charge in [0.15, 0.2) is 0 Å². The number of nitrogens with one attached hydrogen (secondary N) is 1. The lowest BCUT2D eigenvalue weighted by atomic mass is 10.1. The molecule has 1 saturated heterocycles. The average molecular weight is 374 g/mol. The van der Waals surface area contributed by atoms with E-state index in [9.17, 15) is 13.2 Å². The summed E-state index contributed by atoms with van der Waals surface area (Å²) >= 11 is 0. The molecule has 1 N–H and O–H groups in total. The zero-order valence-corrected chi connectivity index (χ0v) is 15.2. The molecule has 0 atom stereocenters. The molecule has 0 spiro atoms. The van der Waals surface area contributed by atoms with E-state index in [0.29, 0.717) is 38.4 Å². The van der Waals surface area contributed by atoms with Crippen molar-refractivity contribution >= 4 is 21.6 Å². The zero-order chi connectivity index (χ0) is 18.4. The van der Waals surface area contributed by atoms with Crippen LogP contribution in [0.1, 0.15) is 11.1 Å². The Morgan fingerprint density at radius 2 is 1.62 bits per heavy atom. The molecule has 0 saturated carbocycles. The van der Waals surface area contributed by atoms with Crippen LogP contribution in [0.15, 0.2) is 54.6 Å². The minimum absolute atomic E-state index is 0.0608. The number of carbonyl (C=O) groups excluding carboxylic acids is 1. The van der Waals surface area contributed by atoms with E-state index >= 15 is 0 Å². The highest BCUT2D eigenvalue weighted by Gasteiger charge is 2.17. The Balaban J connectivity index is 1.57. The molecule has 0 bridgehead atoms. The highest BCUT2D eigenvalue weighted by Crippen LogP contribution is 2.15. The van der Waals surface area contributed by atoms with Gasteiger partial charge in [0.1, 0.15) is 0 Å². The Labute approximate surface area is 153 Å². The summed E-state index contributed by atoms with van der Waals surface area (Å²) in [7, 11) is -3.48. The van der Waals surface area contributed by atoms with Crippen molar-refractivity contribution in [2.75, 3.05) is 31.0 Å². The molecule has 1 fully saturated rings. The van der Waals surface area contributed by atoms with Crippen LogP contribution in [0, 0.1) is 0 Å². The normalized spacial score (nSPS) is 14.8. The Kier molecular flexibility index (Phi) is 5.90. The molecular weight excluding hydrogens is 352 g/mol. The van der Waals surface area contributed by atoms with Gasteiger partial charge in [0.2, 0.25) is 15.9 Å². The van der Waals surface area contributed by atoms with Crippen molar-refractivity contribution in [2.45, 2.75) is 12.2 Å². The second kappa shape index (κ2) is 8.33. The van der Waals surface area contributed by atoms with Crippen molar-refractivity contribution in [1.82, 2.24) is 4.90 Å². The van der Waals surface area contributed by atoms with Gasteiger partial charge in [-0.2, -0.15) is 0 Å². The number of rotatable bonds is 6. The molecule has 0 radical (unpaired) electrons. The molecule has 6 nitrogen and oxygen atoms in total. The van der Waals surface area contributed by atoms with Gasteiger partial charge in [-0.1, -0.05) is 42.5 Å². The minimum Gasteiger partial charge on any atom is -0.378 e. The third kappa shape index (κ3) is 5.31. The molecule has 7 heteroatoms. The van der Waals surface area contributed by atoms with Crippen LogP contribution >= 0.6 is 0 Å². The molecule has 3 rings (SSSR count). The SMILES string of the molecule is O=C(Cc1ccc(NS(=O)(=O)Cc2ccccc2)cc1)N1CCOCC1. The van der Waals surface area contributed by atoms with Crippen molar-refractivity contribution in [3.05, 3.63) is 65.7 Å². The van der Waals surface area contributed by atoms with Gasteiger partial charge >= 0.3 is 0 Å². The van der Waals surface area contributed by atoms with Crippen LogP contribution in [-0.2, 0) is 31.7 Å². The molecular formula is C19H22N2O4S. The molecule has 0 aliphatic carbocycles. The third-order valence-electron chi connectivity index (χ3n) is 4.15. The summed E-state index contributed by atoms with van der Waals surface area (Å²) in [6.07, 6.45) is 0.303. The number of hydrogen-bond donors (Lipinski definition) is 1. The number of morpholine rings is 1. The first-order chi connectivity index (χ1) is 12.5. The average Bonchev–Trinajstić information content (AvgIpc) is 2.64. The molecule has 26 heavy (non-hydrogen) atoms. The molecule has 0 unspecified atom stereocenters. The third-order valence-corrected chi connectivity index (χ3v) is 5.41. The monoisotopic (exact) mass is 374 g/mol. The van der Waals surface area contributed by atoms with Crippen LogP contribution in [0.4, 0.5) is 5.69 Å². The molecule has 2 aromatic rings. The first-order valence-corrected chi connectivity index (χ1v) is 10.2. The highest BCUT2D eigenvalue weighted by atomic mass is 32.2. The largest absolute Gasteiger partial charge is 0.378 e. The van der Waals surface area contributed by atoms with Gasteiger partial charge < -0.3 is 9.64 Å². The van der Waals surface area contributed by atoms with E-state index in [1.165, 1.54) is 0 Å². The van der Waals surface area contributed by atoms with Gasteiger partial charge in [0, 0.05) is 18.8 Å². The Hall–Kier alpha value is -2.38. The Morgan fingerprint density at radius 1 is 0.962 bits per heavy atom. The molecule has 1 amide bonds. The number of amides is 1. The predicted octanol–water partition coefficient (Wildman–Crippen LogP) is 2.03. The van der Waals surface area contributed by atoms with Crippen LogP contribution in [0.2, 0.25) is 0 Å². The fraction of sp³-hybridized carbons (Fsp3) is 0.316. The summed E-state index contributed by atoms with van der Waals surface area (Å²) < 4.78 is 32.3. The summed E-state index contributed by atoms with van der Waals surface area (Å²) in [5, 5.41) is 0. The summed E-state index contributed by atoms with van der Waals surface area (Å²) in [5.74, 6) is -0.0174. The van der Waals surface area contributed by atoms with Gasteiger partial charge in [-0.3, -0.25) is 9.52 Å². The standard InChI is InChI=1S/C19H22N2O4S/c22-19(21-10-12-25-13-11-21)14-16-6-8-18(9-7-16)20-26(23,24)15-17-4-2-1-3-5-17/h1-9,20H,10-15H2. The maximum absolute atomic E-state index is 12.3. The van der Waals surface area contributed by atoms with Crippen LogP contribution in [-0.4, -0.2) is 45.5 Å². The number of carbonyl (C=O) groups is 1. The molecule has 0 aromatic heterocycles. The van der Waals surface area contributed by atoms with Crippen molar-refractivity contribution < 1.29 is 17.9 Å². The second-order valence-electron chi connectivity index (χ2n) is 6.21. The number of ether oxygens (including phenoxy) is 1. The number of anilines is 1. The highest BCUT2D eigenvalue weighted by molar-refractivity contribution is 7.91. The lowest BCUT2D eigenvalue weighted by Gasteiger charge is -2.26. The van der Waals surface area contributed by atoms with Crippen molar-refractivity contribution in [2.24, 2.45) is 0 Å². The van der Waals surface area contributed by atoms with Gasteiger partial charge in [-0.05, 0) is 23.3 Å². The molecule has 2 aromatic carbocycles. The number of hydrogen-bond acceptors (Lipinski definition) is 4. The quantitative estimate of drug-likeness (QED) is 0.839. The fourth-order valence-electron chi connectivity index (χ4n) is 2.80. The molecule has 138 valence electrons. The number of nitrogens with zero attached hydrogens (tertiary/aromatic N) is 1. The molecule has 1 heterocycles. The van der Waals surface area contributed by atoms with Gasteiger partial charge in [0.25, 0.3) is 0 Å². The van der Waals surface area contributed by atoms with Crippen LogP contribution < -0.4 is 4.72 Å². The maximum Gasteiger partial charge on any atom is 0.236 e. The predicted molar refractivity (Wildman–Crippen MR) is 100 cm³/mol. The lowest BCUT2D eigenvalue weighted by molar-refractivity contribution is -0.134. The van der Waals surface area contributed by atoms with Gasteiger partial charge in [0.05, 0.1) is 25.4 Å². The summed E-state index contributed by atoms with van der Waals surface area (Å²) in [6.45, 7) is 2.40.